The fraction of sp³-hybridized carbons (Fsp3) is 0.500. The maximum atomic E-state index is 11.4. The van der Waals surface area contributed by atoms with Gasteiger partial charge in [0.2, 0.25) is 0 Å². The summed E-state index contributed by atoms with van der Waals surface area (Å²) in [5.41, 5.74) is -0.951. The molecule has 0 aliphatic heterocycles. The average molecular weight is 312 g/mol. The van der Waals surface area contributed by atoms with Gasteiger partial charge < -0.3 is 10.4 Å². The molecule has 116 valence electrons. The standard InChI is InChI=1S/C14H20N2O4S/c1-3-9-15-14(2,13(17)18)8-10-21-12-7-5-4-6-11(12)16(19)20/h4-7,15H,3,8-10H2,1-2H3,(H,17,18). The first-order valence-corrected chi connectivity index (χ1v) is 7.74. The first-order chi connectivity index (χ1) is 9.90. The molecule has 0 saturated heterocycles. The van der Waals surface area contributed by atoms with E-state index >= 15 is 0 Å². The minimum Gasteiger partial charge on any atom is -0.480 e. The summed E-state index contributed by atoms with van der Waals surface area (Å²) in [5.74, 6) is -0.413. The molecule has 1 unspecified atom stereocenters. The molecule has 0 amide bonds. The average Bonchev–Trinajstić information content (AvgIpc) is 2.45. The molecule has 0 radical (unpaired) electrons. The van der Waals surface area contributed by atoms with Gasteiger partial charge in [-0.25, -0.2) is 0 Å². The molecular weight excluding hydrogens is 292 g/mol. The summed E-state index contributed by atoms with van der Waals surface area (Å²) in [6, 6.07) is 6.49. The smallest absolute Gasteiger partial charge is 0.323 e. The van der Waals surface area contributed by atoms with Crippen molar-refractivity contribution in [2.75, 3.05) is 12.3 Å². The molecule has 1 atom stereocenters. The number of carbonyl (C=O) groups is 1. The van der Waals surface area contributed by atoms with Crippen LogP contribution < -0.4 is 5.32 Å². The molecule has 0 saturated carbocycles. The lowest BCUT2D eigenvalue weighted by atomic mass is 9.99. The van der Waals surface area contributed by atoms with E-state index in [-0.39, 0.29) is 5.69 Å². The molecule has 0 heterocycles. The summed E-state index contributed by atoms with van der Waals surface area (Å²) in [5, 5.41) is 23.3. The van der Waals surface area contributed by atoms with Crippen LogP contribution in [0, 0.1) is 10.1 Å². The molecule has 1 aromatic carbocycles. The van der Waals surface area contributed by atoms with E-state index in [2.05, 4.69) is 5.32 Å². The van der Waals surface area contributed by atoms with Crippen molar-refractivity contribution >= 4 is 23.4 Å². The quantitative estimate of drug-likeness (QED) is 0.414. The van der Waals surface area contributed by atoms with Crippen molar-refractivity contribution in [2.45, 2.75) is 37.1 Å². The Morgan fingerprint density at radius 1 is 1.48 bits per heavy atom. The third kappa shape index (κ3) is 5.02. The van der Waals surface area contributed by atoms with Crippen LogP contribution in [-0.4, -0.2) is 33.8 Å². The fourth-order valence-corrected chi connectivity index (χ4v) is 2.96. The van der Waals surface area contributed by atoms with E-state index in [4.69, 9.17) is 0 Å². The summed E-state index contributed by atoms with van der Waals surface area (Å²) in [7, 11) is 0. The number of hydrogen-bond acceptors (Lipinski definition) is 5. The van der Waals surface area contributed by atoms with E-state index < -0.39 is 16.4 Å². The largest absolute Gasteiger partial charge is 0.480 e. The van der Waals surface area contributed by atoms with Crippen molar-refractivity contribution in [1.82, 2.24) is 5.32 Å². The number of nitro groups is 1. The number of thioether (sulfide) groups is 1. The molecule has 1 aromatic rings. The Bertz CT molecular complexity index is 510. The lowest BCUT2D eigenvalue weighted by Gasteiger charge is -2.26. The van der Waals surface area contributed by atoms with Gasteiger partial charge in [-0.05, 0) is 32.4 Å². The molecule has 0 spiro atoms. The second-order valence-electron chi connectivity index (χ2n) is 4.89. The van der Waals surface area contributed by atoms with Gasteiger partial charge in [0.15, 0.2) is 0 Å². The third-order valence-electron chi connectivity index (χ3n) is 3.16. The predicted octanol–water partition coefficient (Wildman–Crippen LogP) is 2.92. The summed E-state index contributed by atoms with van der Waals surface area (Å²) >= 11 is 1.31. The number of rotatable bonds is 9. The number of aliphatic carboxylic acids is 1. The number of nitrogens with one attached hydrogen (secondary N) is 1. The zero-order valence-corrected chi connectivity index (χ0v) is 13.0. The van der Waals surface area contributed by atoms with Crippen LogP contribution in [0.2, 0.25) is 0 Å². The van der Waals surface area contributed by atoms with Gasteiger partial charge in [-0.2, -0.15) is 0 Å². The zero-order chi connectivity index (χ0) is 15.9. The van der Waals surface area contributed by atoms with E-state index in [1.165, 1.54) is 17.8 Å². The second kappa shape index (κ2) is 7.99. The van der Waals surface area contributed by atoms with Crippen molar-refractivity contribution in [3.05, 3.63) is 34.4 Å². The Morgan fingerprint density at radius 2 is 2.14 bits per heavy atom. The SMILES string of the molecule is CCCNC(C)(CCSc1ccccc1[N+](=O)[O-])C(=O)O. The zero-order valence-electron chi connectivity index (χ0n) is 12.2. The summed E-state index contributed by atoms with van der Waals surface area (Å²) in [4.78, 5) is 22.4. The van der Waals surface area contributed by atoms with E-state index in [0.29, 0.717) is 23.6 Å². The van der Waals surface area contributed by atoms with Crippen molar-refractivity contribution < 1.29 is 14.8 Å². The number of nitro benzene ring substituents is 1. The molecule has 0 fully saturated rings. The molecule has 0 aliphatic rings. The number of para-hydroxylation sites is 1. The van der Waals surface area contributed by atoms with Crippen LogP contribution in [0.25, 0.3) is 0 Å². The number of benzene rings is 1. The first-order valence-electron chi connectivity index (χ1n) is 6.75. The van der Waals surface area contributed by atoms with Crippen LogP contribution in [0.4, 0.5) is 5.69 Å². The van der Waals surface area contributed by atoms with E-state index in [1.807, 2.05) is 6.92 Å². The monoisotopic (exact) mass is 312 g/mol. The van der Waals surface area contributed by atoms with E-state index in [1.54, 1.807) is 25.1 Å². The van der Waals surface area contributed by atoms with Gasteiger partial charge in [0.25, 0.3) is 5.69 Å². The minimum absolute atomic E-state index is 0.0565. The van der Waals surface area contributed by atoms with Gasteiger partial charge in [-0.1, -0.05) is 19.1 Å². The van der Waals surface area contributed by atoms with Crippen LogP contribution >= 0.6 is 11.8 Å². The molecule has 6 nitrogen and oxygen atoms in total. The van der Waals surface area contributed by atoms with Crippen molar-refractivity contribution in [3.63, 3.8) is 0 Å². The van der Waals surface area contributed by atoms with Crippen LogP contribution in [0.15, 0.2) is 29.2 Å². The van der Waals surface area contributed by atoms with Crippen LogP contribution in [-0.2, 0) is 4.79 Å². The number of carboxylic acid groups (broad SMARTS) is 1. The number of carboxylic acids is 1. The number of hydrogen-bond donors (Lipinski definition) is 2. The van der Waals surface area contributed by atoms with Crippen molar-refractivity contribution in [3.8, 4) is 0 Å². The Hall–Kier alpha value is -1.60. The first kappa shape index (κ1) is 17.5. The second-order valence-corrected chi connectivity index (χ2v) is 6.02. The van der Waals surface area contributed by atoms with Gasteiger partial charge >= 0.3 is 5.97 Å². The molecule has 7 heteroatoms. The lowest BCUT2D eigenvalue weighted by molar-refractivity contribution is -0.387. The Balaban J connectivity index is 2.67. The van der Waals surface area contributed by atoms with Crippen LogP contribution in [0.5, 0.6) is 0 Å². The highest BCUT2D eigenvalue weighted by atomic mass is 32.2. The maximum Gasteiger partial charge on any atom is 0.323 e. The van der Waals surface area contributed by atoms with Crippen LogP contribution in [0.3, 0.4) is 0 Å². The van der Waals surface area contributed by atoms with Gasteiger partial charge in [0, 0.05) is 11.8 Å². The Kier molecular flexibility index (Phi) is 6.64. The number of nitrogens with zero attached hydrogens (tertiary/aromatic N) is 1. The van der Waals surface area contributed by atoms with Gasteiger partial charge in [-0.3, -0.25) is 14.9 Å². The Morgan fingerprint density at radius 3 is 2.71 bits per heavy atom. The van der Waals surface area contributed by atoms with E-state index in [0.717, 1.165) is 6.42 Å². The lowest BCUT2D eigenvalue weighted by Crippen LogP contribution is -2.50. The van der Waals surface area contributed by atoms with E-state index in [9.17, 15) is 20.0 Å². The highest BCUT2D eigenvalue weighted by molar-refractivity contribution is 7.99. The normalized spacial score (nSPS) is 13.6. The van der Waals surface area contributed by atoms with Crippen molar-refractivity contribution in [2.24, 2.45) is 0 Å². The maximum absolute atomic E-state index is 11.4. The molecule has 1 rings (SSSR count). The fourth-order valence-electron chi connectivity index (χ4n) is 1.77. The molecule has 0 aliphatic carbocycles. The molecule has 0 bridgehead atoms. The highest BCUT2D eigenvalue weighted by Gasteiger charge is 2.31. The third-order valence-corrected chi connectivity index (χ3v) is 4.22. The summed E-state index contributed by atoms with van der Waals surface area (Å²) < 4.78 is 0. The minimum atomic E-state index is -1.01. The molecule has 2 N–H and O–H groups in total. The molecule has 0 aromatic heterocycles. The molecule has 21 heavy (non-hydrogen) atoms. The Labute approximate surface area is 128 Å². The summed E-state index contributed by atoms with van der Waals surface area (Å²) in [6.07, 6.45) is 1.24. The van der Waals surface area contributed by atoms with Gasteiger partial charge in [0.1, 0.15) is 5.54 Å². The van der Waals surface area contributed by atoms with Gasteiger partial charge in [-0.15, -0.1) is 11.8 Å². The highest BCUT2D eigenvalue weighted by Crippen LogP contribution is 2.30. The topological polar surface area (TPSA) is 92.5 Å². The van der Waals surface area contributed by atoms with Gasteiger partial charge in [0.05, 0.1) is 9.82 Å². The predicted molar refractivity (Wildman–Crippen MR) is 82.8 cm³/mol. The van der Waals surface area contributed by atoms with Crippen molar-refractivity contribution in [1.29, 1.82) is 0 Å². The van der Waals surface area contributed by atoms with Crippen LogP contribution in [0.1, 0.15) is 26.7 Å². The summed E-state index contributed by atoms with van der Waals surface area (Å²) in [6.45, 7) is 4.24. The molecular formula is C14H20N2O4S.